The number of hydrogen-bond donors (Lipinski definition) is 1. The van der Waals surface area contributed by atoms with E-state index in [0.29, 0.717) is 30.4 Å². The summed E-state index contributed by atoms with van der Waals surface area (Å²) in [5.41, 5.74) is 2.02. The minimum atomic E-state index is -0.403. The van der Waals surface area contributed by atoms with Crippen LogP contribution in [0.15, 0.2) is 30.5 Å². The van der Waals surface area contributed by atoms with Crippen molar-refractivity contribution in [3.63, 3.8) is 0 Å². The molecule has 1 N–H and O–H groups in total. The third-order valence-corrected chi connectivity index (χ3v) is 3.06. The number of anilines is 1. The summed E-state index contributed by atoms with van der Waals surface area (Å²) in [6, 6.07) is 7.73. The number of aryl methyl sites for hydroxylation is 1. The topological polar surface area (TPSA) is 73.3 Å². The number of carbonyl (C=O) groups is 1. The lowest BCUT2D eigenvalue weighted by atomic mass is 10.2. The van der Waals surface area contributed by atoms with Gasteiger partial charge in [-0.05, 0) is 31.5 Å². The van der Waals surface area contributed by atoms with Gasteiger partial charge in [-0.25, -0.2) is 14.8 Å². The van der Waals surface area contributed by atoms with Crippen LogP contribution in [0.1, 0.15) is 28.5 Å². The van der Waals surface area contributed by atoms with Crippen LogP contribution in [0.25, 0.3) is 0 Å². The second-order valence-electron chi connectivity index (χ2n) is 4.62. The van der Waals surface area contributed by atoms with Crippen LogP contribution in [0.3, 0.4) is 0 Å². The van der Waals surface area contributed by atoms with Crippen LogP contribution in [0.5, 0.6) is 5.75 Å². The lowest BCUT2D eigenvalue weighted by molar-refractivity contribution is 0.0524. The molecule has 0 saturated carbocycles. The second-order valence-corrected chi connectivity index (χ2v) is 4.62. The van der Waals surface area contributed by atoms with Gasteiger partial charge in [-0.3, -0.25) is 0 Å². The van der Waals surface area contributed by atoms with Gasteiger partial charge in [0.25, 0.3) is 0 Å². The highest BCUT2D eigenvalue weighted by Crippen LogP contribution is 2.14. The van der Waals surface area contributed by atoms with E-state index in [4.69, 9.17) is 9.47 Å². The Labute approximate surface area is 129 Å². The Morgan fingerprint density at radius 2 is 2.18 bits per heavy atom. The van der Waals surface area contributed by atoms with Crippen molar-refractivity contribution in [2.45, 2.75) is 20.4 Å². The van der Waals surface area contributed by atoms with Crippen molar-refractivity contribution >= 4 is 11.9 Å². The summed E-state index contributed by atoms with van der Waals surface area (Å²) < 4.78 is 10.1. The van der Waals surface area contributed by atoms with Gasteiger partial charge in [0, 0.05) is 12.7 Å². The Morgan fingerprint density at radius 1 is 1.36 bits per heavy atom. The van der Waals surface area contributed by atoms with E-state index in [1.807, 2.05) is 24.3 Å². The molecule has 2 rings (SSSR count). The maximum absolute atomic E-state index is 11.7. The largest absolute Gasteiger partial charge is 0.497 e. The number of esters is 1. The molecule has 0 aliphatic rings. The zero-order valence-electron chi connectivity index (χ0n) is 12.9. The fourth-order valence-corrected chi connectivity index (χ4v) is 1.93. The predicted molar refractivity (Wildman–Crippen MR) is 83.0 cm³/mol. The standard InChI is InChI=1S/C16H19N3O3/c1-4-22-15(20)14-10-18-16(19-11(14)2)17-9-12-6-5-7-13(8-12)21-3/h5-8,10H,4,9H2,1-3H3,(H,17,18,19). The maximum atomic E-state index is 11.7. The fourth-order valence-electron chi connectivity index (χ4n) is 1.93. The number of hydrogen-bond acceptors (Lipinski definition) is 6. The van der Waals surface area contributed by atoms with Crippen molar-refractivity contribution in [1.82, 2.24) is 9.97 Å². The minimum absolute atomic E-state index is 0.327. The minimum Gasteiger partial charge on any atom is -0.497 e. The average molecular weight is 301 g/mol. The molecule has 0 radical (unpaired) electrons. The first-order valence-corrected chi connectivity index (χ1v) is 7.01. The van der Waals surface area contributed by atoms with Gasteiger partial charge in [0.15, 0.2) is 0 Å². The Kier molecular flexibility index (Phi) is 5.30. The molecule has 0 aliphatic heterocycles. The Bertz CT molecular complexity index is 659. The van der Waals surface area contributed by atoms with E-state index in [1.165, 1.54) is 6.20 Å². The summed E-state index contributed by atoms with van der Waals surface area (Å²) in [5, 5.41) is 3.12. The van der Waals surface area contributed by atoms with Gasteiger partial charge in [-0.2, -0.15) is 0 Å². The lowest BCUT2D eigenvalue weighted by Crippen LogP contribution is -2.11. The van der Waals surface area contributed by atoms with Crippen LogP contribution >= 0.6 is 0 Å². The molecule has 1 aromatic heterocycles. The van der Waals surface area contributed by atoms with E-state index in [2.05, 4.69) is 15.3 Å². The smallest absolute Gasteiger partial charge is 0.341 e. The molecule has 2 aromatic rings. The molecule has 0 unspecified atom stereocenters. The SMILES string of the molecule is CCOC(=O)c1cnc(NCc2cccc(OC)c2)nc1C. The highest BCUT2D eigenvalue weighted by atomic mass is 16.5. The van der Waals surface area contributed by atoms with Crippen LogP contribution in [-0.2, 0) is 11.3 Å². The molecule has 1 aromatic carbocycles. The van der Waals surface area contributed by atoms with Crippen molar-refractivity contribution in [3.8, 4) is 5.75 Å². The van der Waals surface area contributed by atoms with Crippen LogP contribution in [0, 0.1) is 6.92 Å². The number of nitrogens with zero attached hydrogens (tertiary/aromatic N) is 2. The molecule has 0 spiro atoms. The van der Waals surface area contributed by atoms with Crippen LogP contribution < -0.4 is 10.1 Å². The van der Waals surface area contributed by atoms with E-state index in [1.54, 1.807) is 21.0 Å². The van der Waals surface area contributed by atoms with Gasteiger partial charge in [0.2, 0.25) is 5.95 Å². The molecule has 0 saturated heterocycles. The Hall–Kier alpha value is -2.63. The first kappa shape index (κ1) is 15.8. The van der Waals surface area contributed by atoms with E-state index in [0.717, 1.165) is 11.3 Å². The number of ether oxygens (including phenoxy) is 2. The number of benzene rings is 1. The summed E-state index contributed by atoms with van der Waals surface area (Å²) in [4.78, 5) is 20.1. The Morgan fingerprint density at radius 3 is 2.86 bits per heavy atom. The van der Waals surface area contributed by atoms with E-state index in [9.17, 15) is 4.79 Å². The van der Waals surface area contributed by atoms with Gasteiger partial charge in [0.05, 0.1) is 25.0 Å². The van der Waals surface area contributed by atoms with Gasteiger partial charge in [0.1, 0.15) is 5.75 Å². The molecule has 6 nitrogen and oxygen atoms in total. The van der Waals surface area contributed by atoms with Crippen LogP contribution in [0.4, 0.5) is 5.95 Å². The molecule has 0 amide bonds. The first-order chi connectivity index (χ1) is 10.6. The molecule has 0 aliphatic carbocycles. The maximum Gasteiger partial charge on any atom is 0.341 e. The van der Waals surface area contributed by atoms with Crippen molar-refractivity contribution < 1.29 is 14.3 Å². The number of carbonyl (C=O) groups excluding carboxylic acids is 1. The highest BCUT2D eigenvalue weighted by molar-refractivity contribution is 5.90. The van der Waals surface area contributed by atoms with Gasteiger partial charge in [-0.1, -0.05) is 12.1 Å². The zero-order valence-corrected chi connectivity index (χ0v) is 12.9. The monoisotopic (exact) mass is 301 g/mol. The molecular weight excluding hydrogens is 282 g/mol. The summed E-state index contributed by atoms with van der Waals surface area (Å²) in [6.07, 6.45) is 1.48. The molecule has 22 heavy (non-hydrogen) atoms. The second kappa shape index (κ2) is 7.40. The summed E-state index contributed by atoms with van der Waals surface area (Å²) >= 11 is 0. The summed E-state index contributed by atoms with van der Waals surface area (Å²) in [6.45, 7) is 4.41. The molecule has 1 heterocycles. The summed E-state index contributed by atoms with van der Waals surface area (Å²) in [5.74, 6) is 0.863. The van der Waals surface area contributed by atoms with Crippen LogP contribution in [-0.4, -0.2) is 29.7 Å². The third kappa shape index (κ3) is 3.94. The van der Waals surface area contributed by atoms with Crippen molar-refractivity contribution in [3.05, 3.63) is 47.3 Å². The molecular formula is C16H19N3O3. The number of aromatic nitrogens is 2. The number of nitrogens with one attached hydrogen (secondary N) is 1. The lowest BCUT2D eigenvalue weighted by Gasteiger charge is -2.09. The fraction of sp³-hybridized carbons (Fsp3) is 0.312. The van der Waals surface area contributed by atoms with Crippen molar-refractivity contribution in [2.75, 3.05) is 19.0 Å². The van der Waals surface area contributed by atoms with E-state index >= 15 is 0 Å². The Balaban J connectivity index is 2.04. The van der Waals surface area contributed by atoms with Crippen LogP contribution in [0.2, 0.25) is 0 Å². The average Bonchev–Trinajstić information content (AvgIpc) is 2.53. The van der Waals surface area contributed by atoms with Crippen molar-refractivity contribution in [2.24, 2.45) is 0 Å². The van der Waals surface area contributed by atoms with Crippen molar-refractivity contribution in [1.29, 1.82) is 0 Å². The molecule has 0 atom stereocenters. The summed E-state index contributed by atoms with van der Waals surface area (Å²) in [7, 11) is 1.63. The quantitative estimate of drug-likeness (QED) is 0.827. The molecule has 0 bridgehead atoms. The number of rotatable bonds is 6. The normalized spacial score (nSPS) is 10.1. The predicted octanol–water partition coefficient (Wildman–Crippen LogP) is 2.58. The van der Waals surface area contributed by atoms with Gasteiger partial charge >= 0.3 is 5.97 Å². The molecule has 116 valence electrons. The van der Waals surface area contributed by atoms with Gasteiger partial charge < -0.3 is 14.8 Å². The van der Waals surface area contributed by atoms with E-state index < -0.39 is 5.97 Å². The van der Waals surface area contributed by atoms with Gasteiger partial charge in [-0.15, -0.1) is 0 Å². The zero-order chi connectivity index (χ0) is 15.9. The molecule has 6 heteroatoms. The first-order valence-electron chi connectivity index (χ1n) is 7.01. The molecule has 0 fully saturated rings. The third-order valence-electron chi connectivity index (χ3n) is 3.06. The highest BCUT2D eigenvalue weighted by Gasteiger charge is 2.12. The number of methoxy groups -OCH3 is 1. The van der Waals surface area contributed by atoms with E-state index in [-0.39, 0.29) is 0 Å².